The summed E-state index contributed by atoms with van der Waals surface area (Å²) >= 11 is 0. The predicted octanol–water partition coefficient (Wildman–Crippen LogP) is 0.538. The van der Waals surface area contributed by atoms with E-state index < -0.39 is 17.6 Å². The van der Waals surface area contributed by atoms with Crippen molar-refractivity contribution >= 4 is 5.97 Å². The molecule has 0 spiro atoms. The van der Waals surface area contributed by atoms with Gasteiger partial charge < -0.3 is 10.8 Å². The standard InChI is InChI=1S/C7H12FNO2/c8-7(4-9)2-1-5(3-7)6(10)11/h5H,1-4,9H2,(H,10,11). The molecule has 2 unspecified atom stereocenters. The van der Waals surface area contributed by atoms with Crippen LogP contribution in [0.4, 0.5) is 4.39 Å². The zero-order chi connectivity index (χ0) is 8.48. The molecular formula is C7H12FNO2. The maximum Gasteiger partial charge on any atom is 0.306 e. The molecule has 1 aliphatic carbocycles. The Kier molecular flexibility index (Phi) is 2.13. The van der Waals surface area contributed by atoms with E-state index in [1.807, 2.05) is 0 Å². The summed E-state index contributed by atoms with van der Waals surface area (Å²) in [7, 11) is 0. The summed E-state index contributed by atoms with van der Waals surface area (Å²) in [6, 6.07) is 0. The topological polar surface area (TPSA) is 63.3 Å². The maximum atomic E-state index is 13.3. The van der Waals surface area contributed by atoms with Crippen LogP contribution in [0.2, 0.25) is 0 Å². The third kappa shape index (κ3) is 1.68. The molecule has 3 N–H and O–H groups in total. The fourth-order valence-corrected chi connectivity index (χ4v) is 1.47. The number of aliphatic carboxylic acids is 1. The van der Waals surface area contributed by atoms with Gasteiger partial charge in [-0.3, -0.25) is 4.79 Å². The van der Waals surface area contributed by atoms with E-state index in [1.165, 1.54) is 0 Å². The number of carbonyl (C=O) groups is 1. The van der Waals surface area contributed by atoms with E-state index in [2.05, 4.69) is 0 Å². The van der Waals surface area contributed by atoms with Crippen molar-refractivity contribution in [3.8, 4) is 0 Å². The van der Waals surface area contributed by atoms with Gasteiger partial charge in [-0.1, -0.05) is 0 Å². The lowest BCUT2D eigenvalue weighted by Crippen LogP contribution is -2.30. The van der Waals surface area contributed by atoms with Crippen molar-refractivity contribution in [2.24, 2.45) is 11.7 Å². The van der Waals surface area contributed by atoms with E-state index >= 15 is 0 Å². The summed E-state index contributed by atoms with van der Waals surface area (Å²) in [6.45, 7) is -0.0587. The van der Waals surface area contributed by atoms with Gasteiger partial charge in [-0.25, -0.2) is 4.39 Å². The molecule has 1 rings (SSSR count). The van der Waals surface area contributed by atoms with E-state index in [-0.39, 0.29) is 13.0 Å². The average molecular weight is 161 g/mol. The van der Waals surface area contributed by atoms with Crippen molar-refractivity contribution in [2.45, 2.75) is 24.9 Å². The van der Waals surface area contributed by atoms with Crippen LogP contribution in [0.3, 0.4) is 0 Å². The minimum atomic E-state index is -1.41. The summed E-state index contributed by atoms with van der Waals surface area (Å²) < 4.78 is 13.3. The van der Waals surface area contributed by atoms with Gasteiger partial charge in [0.1, 0.15) is 5.67 Å². The predicted molar refractivity (Wildman–Crippen MR) is 37.9 cm³/mol. The van der Waals surface area contributed by atoms with Gasteiger partial charge in [0.05, 0.1) is 5.92 Å². The smallest absolute Gasteiger partial charge is 0.306 e. The van der Waals surface area contributed by atoms with E-state index in [4.69, 9.17) is 10.8 Å². The molecule has 0 saturated heterocycles. The van der Waals surface area contributed by atoms with Crippen LogP contribution >= 0.6 is 0 Å². The first kappa shape index (κ1) is 8.46. The molecule has 2 atom stereocenters. The first-order chi connectivity index (χ1) is 5.07. The average Bonchev–Trinajstić information content (AvgIpc) is 2.33. The van der Waals surface area contributed by atoms with Gasteiger partial charge >= 0.3 is 5.97 Å². The van der Waals surface area contributed by atoms with Crippen LogP contribution < -0.4 is 5.73 Å². The van der Waals surface area contributed by atoms with Crippen molar-refractivity contribution in [2.75, 3.05) is 6.54 Å². The monoisotopic (exact) mass is 161 g/mol. The molecule has 11 heavy (non-hydrogen) atoms. The van der Waals surface area contributed by atoms with Crippen molar-refractivity contribution in [1.29, 1.82) is 0 Å². The highest BCUT2D eigenvalue weighted by atomic mass is 19.1. The van der Waals surface area contributed by atoms with Crippen LogP contribution in [-0.4, -0.2) is 23.3 Å². The third-order valence-electron chi connectivity index (χ3n) is 2.27. The number of hydrogen-bond acceptors (Lipinski definition) is 2. The SMILES string of the molecule is NCC1(F)CCC(C(=O)O)C1. The molecule has 0 heterocycles. The summed E-state index contributed by atoms with van der Waals surface area (Å²) in [4.78, 5) is 10.4. The first-order valence-electron chi connectivity index (χ1n) is 3.69. The summed E-state index contributed by atoms with van der Waals surface area (Å²) in [6.07, 6.45) is 0.794. The van der Waals surface area contributed by atoms with E-state index in [9.17, 15) is 9.18 Å². The van der Waals surface area contributed by atoms with Crippen LogP contribution in [0.1, 0.15) is 19.3 Å². The van der Waals surface area contributed by atoms with Gasteiger partial charge in [-0.15, -0.1) is 0 Å². The highest BCUT2D eigenvalue weighted by molar-refractivity contribution is 5.70. The Morgan fingerprint density at radius 3 is 2.73 bits per heavy atom. The number of rotatable bonds is 2. The molecule has 0 bridgehead atoms. The highest BCUT2D eigenvalue weighted by Gasteiger charge is 2.41. The number of nitrogens with two attached hydrogens (primary N) is 1. The second-order valence-electron chi connectivity index (χ2n) is 3.13. The van der Waals surface area contributed by atoms with E-state index in [1.54, 1.807) is 0 Å². The van der Waals surface area contributed by atoms with Gasteiger partial charge in [0.25, 0.3) is 0 Å². The molecular weight excluding hydrogens is 149 g/mol. The molecule has 64 valence electrons. The fraction of sp³-hybridized carbons (Fsp3) is 0.857. The molecule has 1 fully saturated rings. The zero-order valence-electron chi connectivity index (χ0n) is 6.22. The molecule has 0 amide bonds. The van der Waals surface area contributed by atoms with Gasteiger partial charge in [0.15, 0.2) is 0 Å². The molecule has 1 saturated carbocycles. The fourth-order valence-electron chi connectivity index (χ4n) is 1.47. The lowest BCUT2D eigenvalue weighted by molar-refractivity contribution is -0.141. The molecule has 0 aromatic carbocycles. The molecule has 1 aliphatic rings. The Balaban J connectivity index is 2.53. The molecule has 0 radical (unpaired) electrons. The minimum absolute atomic E-state index is 0.0587. The summed E-state index contributed by atoms with van der Waals surface area (Å²) in [5.74, 6) is -1.43. The quantitative estimate of drug-likeness (QED) is 0.621. The number of alkyl halides is 1. The molecule has 3 nitrogen and oxygen atoms in total. The normalized spacial score (nSPS) is 37.5. The summed E-state index contributed by atoms with van der Waals surface area (Å²) in [5.41, 5.74) is 3.75. The number of hydrogen-bond donors (Lipinski definition) is 2. The third-order valence-corrected chi connectivity index (χ3v) is 2.27. The Bertz CT molecular complexity index is 174. The van der Waals surface area contributed by atoms with Gasteiger partial charge in [-0.05, 0) is 19.3 Å². The van der Waals surface area contributed by atoms with Crippen molar-refractivity contribution in [1.82, 2.24) is 0 Å². The number of halogens is 1. The molecule has 4 heteroatoms. The Hall–Kier alpha value is -0.640. The lowest BCUT2D eigenvalue weighted by Gasteiger charge is -2.15. The zero-order valence-corrected chi connectivity index (χ0v) is 6.22. The highest BCUT2D eigenvalue weighted by Crippen LogP contribution is 2.36. The molecule has 0 aliphatic heterocycles. The minimum Gasteiger partial charge on any atom is -0.481 e. The second-order valence-corrected chi connectivity index (χ2v) is 3.13. The van der Waals surface area contributed by atoms with Crippen LogP contribution in [0.15, 0.2) is 0 Å². The van der Waals surface area contributed by atoms with Crippen LogP contribution in [0.5, 0.6) is 0 Å². The van der Waals surface area contributed by atoms with Gasteiger partial charge in [0.2, 0.25) is 0 Å². The van der Waals surface area contributed by atoms with Crippen molar-refractivity contribution in [3.05, 3.63) is 0 Å². The number of carboxylic acid groups (broad SMARTS) is 1. The van der Waals surface area contributed by atoms with Crippen molar-refractivity contribution < 1.29 is 14.3 Å². The van der Waals surface area contributed by atoms with E-state index in [0.717, 1.165) is 0 Å². The summed E-state index contributed by atoms with van der Waals surface area (Å²) in [5, 5.41) is 8.53. The van der Waals surface area contributed by atoms with Crippen LogP contribution in [-0.2, 0) is 4.79 Å². The largest absolute Gasteiger partial charge is 0.481 e. The number of carboxylic acids is 1. The van der Waals surface area contributed by atoms with Crippen molar-refractivity contribution in [3.63, 3.8) is 0 Å². The Labute approximate surface area is 64.4 Å². The van der Waals surface area contributed by atoms with E-state index in [0.29, 0.717) is 12.8 Å². The Morgan fingerprint density at radius 2 is 2.45 bits per heavy atom. The first-order valence-corrected chi connectivity index (χ1v) is 3.69. The maximum absolute atomic E-state index is 13.3. The van der Waals surface area contributed by atoms with Crippen LogP contribution in [0.25, 0.3) is 0 Å². The Morgan fingerprint density at radius 1 is 1.82 bits per heavy atom. The molecule has 0 aromatic heterocycles. The molecule has 0 aromatic rings. The van der Waals surface area contributed by atoms with Gasteiger partial charge in [0, 0.05) is 6.54 Å². The lowest BCUT2D eigenvalue weighted by atomic mass is 10.0. The van der Waals surface area contributed by atoms with Crippen LogP contribution in [0, 0.1) is 5.92 Å². The second kappa shape index (κ2) is 2.77. The van der Waals surface area contributed by atoms with Gasteiger partial charge in [-0.2, -0.15) is 0 Å².